The lowest BCUT2D eigenvalue weighted by Crippen LogP contribution is -2.56. The molecule has 0 atom stereocenters. The van der Waals surface area contributed by atoms with Gasteiger partial charge in [0, 0.05) is 4.90 Å². The largest absolute Gasteiger partial charge is 0.273 e. The van der Waals surface area contributed by atoms with Crippen LogP contribution >= 0.6 is 11.8 Å². The maximum Gasteiger partial charge on any atom is 0.248 e. The maximum absolute atomic E-state index is 12.9. The number of benzene rings is 2. The van der Waals surface area contributed by atoms with Crippen LogP contribution in [0.1, 0.15) is 38.5 Å². The van der Waals surface area contributed by atoms with Gasteiger partial charge in [0.2, 0.25) is 11.8 Å². The van der Waals surface area contributed by atoms with Crippen molar-refractivity contribution in [1.29, 1.82) is 0 Å². The average Bonchev–Trinajstić information content (AvgIpc) is 2.69. The summed E-state index contributed by atoms with van der Waals surface area (Å²) in [5.41, 5.74) is 5.18. The molecule has 4 bridgehead atoms. The highest BCUT2D eigenvalue weighted by atomic mass is 32.2. The van der Waals surface area contributed by atoms with Gasteiger partial charge in [-0.25, -0.2) is 0 Å². The molecule has 4 aliphatic carbocycles. The molecule has 4 aliphatic rings. The zero-order chi connectivity index (χ0) is 19.1. The number of nitrogens with one attached hydrogen (secondary N) is 2. The molecule has 6 rings (SSSR count). The van der Waals surface area contributed by atoms with Crippen molar-refractivity contribution in [2.75, 3.05) is 5.75 Å². The van der Waals surface area contributed by atoms with Crippen molar-refractivity contribution in [2.24, 2.45) is 23.2 Å². The molecule has 4 fully saturated rings. The number of hydrogen-bond acceptors (Lipinski definition) is 3. The Kier molecular flexibility index (Phi) is 4.58. The number of carbonyl (C=O) groups is 2. The van der Waals surface area contributed by atoms with E-state index in [0.29, 0.717) is 5.75 Å². The first-order valence-electron chi connectivity index (χ1n) is 10.3. The predicted molar refractivity (Wildman–Crippen MR) is 112 cm³/mol. The van der Waals surface area contributed by atoms with Gasteiger partial charge >= 0.3 is 0 Å². The molecule has 0 aromatic heterocycles. The molecule has 5 heteroatoms. The highest BCUT2D eigenvalue weighted by Crippen LogP contribution is 2.60. The lowest BCUT2D eigenvalue weighted by Gasteiger charge is -2.55. The predicted octanol–water partition coefficient (Wildman–Crippen LogP) is 4.30. The van der Waals surface area contributed by atoms with E-state index >= 15 is 0 Å². The highest BCUT2D eigenvalue weighted by Gasteiger charge is 2.54. The van der Waals surface area contributed by atoms with Gasteiger partial charge in [-0.05, 0) is 79.2 Å². The first-order chi connectivity index (χ1) is 13.6. The summed E-state index contributed by atoms with van der Waals surface area (Å²) in [5, 5.41) is 2.36. The first kappa shape index (κ1) is 18.0. The van der Waals surface area contributed by atoms with Gasteiger partial charge in [-0.15, -0.1) is 11.8 Å². The minimum atomic E-state index is -0.229. The van der Waals surface area contributed by atoms with Crippen LogP contribution in [-0.4, -0.2) is 17.6 Å². The quantitative estimate of drug-likeness (QED) is 0.601. The fraction of sp³-hybridized carbons (Fsp3) is 0.478. The van der Waals surface area contributed by atoms with Crippen molar-refractivity contribution in [3.8, 4) is 0 Å². The zero-order valence-electron chi connectivity index (χ0n) is 15.9. The summed E-state index contributed by atoms with van der Waals surface area (Å²) in [4.78, 5) is 26.2. The van der Waals surface area contributed by atoms with E-state index in [2.05, 4.69) is 35.1 Å². The van der Waals surface area contributed by atoms with Gasteiger partial charge < -0.3 is 0 Å². The summed E-state index contributed by atoms with van der Waals surface area (Å²) in [6.07, 6.45) is 6.94. The van der Waals surface area contributed by atoms with Crippen molar-refractivity contribution in [3.05, 3.63) is 42.5 Å². The van der Waals surface area contributed by atoms with Gasteiger partial charge in [0.15, 0.2) is 0 Å². The fourth-order valence-corrected chi connectivity index (χ4v) is 6.83. The van der Waals surface area contributed by atoms with Gasteiger partial charge in [0.05, 0.1) is 11.2 Å². The molecule has 0 heterocycles. The lowest BCUT2D eigenvalue weighted by molar-refractivity contribution is -0.148. The SMILES string of the molecule is O=C(CSc1ccc2ccccc2c1)NNC(=O)C12CC3CC(CC(C3)C1)C2. The topological polar surface area (TPSA) is 58.2 Å². The fourth-order valence-electron chi connectivity index (χ4n) is 6.09. The van der Waals surface area contributed by atoms with Crippen LogP contribution in [0.25, 0.3) is 10.8 Å². The summed E-state index contributed by atoms with van der Waals surface area (Å²) in [7, 11) is 0. The van der Waals surface area contributed by atoms with E-state index in [-0.39, 0.29) is 17.2 Å². The molecule has 2 aromatic rings. The Hall–Kier alpha value is -2.01. The molecule has 0 spiro atoms. The second kappa shape index (κ2) is 7.11. The van der Waals surface area contributed by atoms with Crippen molar-refractivity contribution >= 4 is 34.3 Å². The number of amides is 2. The summed E-state index contributed by atoms with van der Waals surface area (Å²) >= 11 is 1.49. The Morgan fingerprint density at radius 2 is 1.54 bits per heavy atom. The van der Waals surface area contributed by atoms with E-state index in [4.69, 9.17) is 0 Å². The standard InChI is InChI=1S/C23H26N2O2S/c26-21(14-28-20-6-5-18-3-1-2-4-19(18)10-20)24-25-22(27)23-11-15-7-16(12-23)9-17(8-15)13-23/h1-6,10,15-17H,7-9,11-14H2,(H,24,26)(H,25,27). The van der Waals surface area contributed by atoms with Crippen molar-refractivity contribution in [2.45, 2.75) is 43.4 Å². The second-order valence-corrected chi connectivity index (χ2v) is 10.0. The first-order valence-corrected chi connectivity index (χ1v) is 11.3. The van der Waals surface area contributed by atoms with Crippen LogP contribution in [0, 0.1) is 23.2 Å². The Labute approximate surface area is 169 Å². The molecule has 4 nitrogen and oxygen atoms in total. The number of hydrogen-bond donors (Lipinski definition) is 2. The normalized spacial score (nSPS) is 30.4. The molecular weight excluding hydrogens is 368 g/mol. The minimum absolute atomic E-state index is 0.0376. The molecule has 2 amide bonds. The van der Waals surface area contributed by atoms with Crippen LogP contribution in [0.4, 0.5) is 0 Å². The molecule has 146 valence electrons. The summed E-state index contributed by atoms with van der Waals surface area (Å²) < 4.78 is 0. The van der Waals surface area contributed by atoms with E-state index in [1.54, 1.807) is 0 Å². The molecule has 2 aromatic carbocycles. The van der Waals surface area contributed by atoms with Crippen molar-refractivity contribution < 1.29 is 9.59 Å². The average molecular weight is 395 g/mol. The van der Waals surface area contributed by atoms with Gasteiger partial charge in [-0.1, -0.05) is 30.3 Å². The second-order valence-electron chi connectivity index (χ2n) is 9.00. The number of thioether (sulfide) groups is 1. The maximum atomic E-state index is 12.9. The Morgan fingerprint density at radius 3 is 2.21 bits per heavy atom. The summed E-state index contributed by atoms with van der Waals surface area (Å²) in [6, 6.07) is 14.4. The molecule has 0 radical (unpaired) electrons. The number of hydrazine groups is 1. The molecule has 0 aliphatic heterocycles. The number of rotatable bonds is 4. The molecule has 2 N–H and O–H groups in total. The Balaban J connectivity index is 1.14. The Morgan fingerprint density at radius 1 is 0.893 bits per heavy atom. The lowest BCUT2D eigenvalue weighted by atomic mass is 9.49. The number of fused-ring (bicyclic) bond motifs is 1. The van der Waals surface area contributed by atoms with E-state index in [9.17, 15) is 9.59 Å². The van der Waals surface area contributed by atoms with Crippen LogP contribution in [0.15, 0.2) is 47.4 Å². The smallest absolute Gasteiger partial charge is 0.248 e. The molecule has 28 heavy (non-hydrogen) atoms. The number of carbonyl (C=O) groups excluding carboxylic acids is 2. The molecular formula is C23H26N2O2S. The molecule has 0 saturated heterocycles. The summed E-state index contributed by atoms with van der Waals surface area (Å²) in [6.45, 7) is 0. The minimum Gasteiger partial charge on any atom is -0.273 e. The monoisotopic (exact) mass is 394 g/mol. The van der Waals surface area contributed by atoms with Crippen LogP contribution in [0.3, 0.4) is 0 Å². The third-order valence-corrected chi connectivity index (χ3v) is 7.92. The van der Waals surface area contributed by atoms with E-state index < -0.39 is 0 Å². The van der Waals surface area contributed by atoms with Crippen LogP contribution < -0.4 is 10.9 Å². The highest BCUT2D eigenvalue weighted by molar-refractivity contribution is 8.00. The third kappa shape index (κ3) is 3.41. The van der Waals surface area contributed by atoms with Gasteiger partial charge in [0.25, 0.3) is 0 Å². The van der Waals surface area contributed by atoms with E-state index in [0.717, 1.165) is 41.9 Å². The molecule has 0 unspecified atom stereocenters. The zero-order valence-corrected chi connectivity index (χ0v) is 16.8. The Bertz CT molecular complexity index is 890. The van der Waals surface area contributed by atoms with Crippen LogP contribution in [0.5, 0.6) is 0 Å². The van der Waals surface area contributed by atoms with Gasteiger partial charge in [-0.3, -0.25) is 20.4 Å². The third-order valence-electron chi connectivity index (χ3n) is 6.93. The van der Waals surface area contributed by atoms with Crippen LogP contribution in [0.2, 0.25) is 0 Å². The van der Waals surface area contributed by atoms with E-state index in [1.807, 2.05) is 18.2 Å². The van der Waals surface area contributed by atoms with Gasteiger partial charge in [0.1, 0.15) is 0 Å². The summed E-state index contributed by atoms with van der Waals surface area (Å²) in [5.74, 6) is 2.33. The van der Waals surface area contributed by atoms with Crippen molar-refractivity contribution in [1.82, 2.24) is 10.9 Å². The van der Waals surface area contributed by atoms with Crippen LogP contribution in [-0.2, 0) is 9.59 Å². The van der Waals surface area contributed by atoms with Crippen molar-refractivity contribution in [3.63, 3.8) is 0 Å². The van der Waals surface area contributed by atoms with Gasteiger partial charge in [-0.2, -0.15) is 0 Å². The molecule has 4 saturated carbocycles. The van der Waals surface area contributed by atoms with E-state index in [1.165, 1.54) is 41.8 Å².